The third kappa shape index (κ3) is 6.78. The number of amides is 1. The number of nitrogens with one attached hydrogen (secondary N) is 1. The maximum atomic E-state index is 12.0. The molecule has 5 nitrogen and oxygen atoms in total. The van der Waals surface area contributed by atoms with Crippen molar-refractivity contribution in [3.05, 3.63) is 0 Å². The van der Waals surface area contributed by atoms with E-state index in [0.29, 0.717) is 6.04 Å². The summed E-state index contributed by atoms with van der Waals surface area (Å²) in [4.78, 5) is 16.0. The number of piperidine rings is 1. The summed E-state index contributed by atoms with van der Waals surface area (Å²) in [5, 5.41) is 3.51. The Labute approximate surface area is 117 Å². The summed E-state index contributed by atoms with van der Waals surface area (Å²) >= 11 is 0. The van der Waals surface area contributed by atoms with Crippen LogP contribution >= 0.6 is 0 Å². The van der Waals surface area contributed by atoms with Crippen LogP contribution in [0.1, 0.15) is 33.6 Å². The van der Waals surface area contributed by atoms with E-state index in [4.69, 9.17) is 4.74 Å². The number of rotatable bonds is 4. The monoisotopic (exact) mass is 271 g/mol. The first-order valence-corrected chi connectivity index (χ1v) is 7.14. The van der Waals surface area contributed by atoms with Gasteiger partial charge in [0.25, 0.3) is 0 Å². The van der Waals surface area contributed by atoms with Gasteiger partial charge in [-0.3, -0.25) is 0 Å². The maximum Gasteiger partial charge on any atom is 0.410 e. The fraction of sp³-hybridized carbons (Fsp3) is 0.929. The number of carbonyl (C=O) groups is 1. The lowest BCUT2D eigenvalue weighted by molar-refractivity contribution is 0.0187. The number of likely N-dealkylation sites (tertiary alicyclic amines) is 1. The number of nitrogens with zero attached hydrogens (tertiary/aromatic N) is 2. The van der Waals surface area contributed by atoms with Gasteiger partial charge in [-0.1, -0.05) is 0 Å². The van der Waals surface area contributed by atoms with Crippen molar-refractivity contribution in [3.63, 3.8) is 0 Å². The Morgan fingerprint density at radius 1 is 1.42 bits per heavy atom. The van der Waals surface area contributed by atoms with E-state index in [2.05, 4.69) is 24.3 Å². The predicted octanol–water partition coefficient (Wildman–Crippen LogP) is 1.54. The van der Waals surface area contributed by atoms with Gasteiger partial charge in [0, 0.05) is 32.2 Å². The molecule has 1 amide bonds. The van der Waals surface area contributed by atoms with Gasteiger partial charge in [-0.2, -0.15) is 0 Å². The average Bonchev–Trinajstić information content (AvgIpc) is 2.26. The number of hydrogen-bond acceptors (Lipinski definition) is 4. The Kier molecular flexibility index (Phi) is 6.07. The van der Waals surface area contributed by atoms with Crippen molar-refractivity contribution < 1.29 is 9.53 Å². The second-order valence-corrected chi connectivity index (χ2v) is 6.52. The van der Waals surface area contributed by atoms with Gasteiger partial charge in [0.1, 0.15) is 5.60 Å². The van der Waals surface area contributed by atoms with Crippen LogP contribution in [0.25, 0.3) is 0 Å². The Hall–Kier alpha value is -0.810. The zero-order valence-electron chi connectivity index (χ0n) is 13.0. The molecule has 1 fully saturated rings. The summed E-state index contributed by atoms with van der Waals surface area (Å²) in [7, 11) is 4.13. The highest BCUT2D eigenvalue weighted by molar-refractivity contribution is 5.68. The molecule has 0 aliphatic carbocycles. The van der Waals surface area contributed by atoms with Crippen molar-refractivity contribution >= 4 is 6.09 Å². The lowest BCUT2D eigenvalue weighted by Crippen LogP contribution is -2.50. The predicted molar refractivity (Wildman–Crippen MR) is 77.4 cm³/mol. The van der Waals surface area contributed by atoms with Crippen LogP contribution in [-0.2, 0) is 4.74 Å². The molecule has 1 N–H and O–H groups in total. The number of likely N-dealkylation sites (N-methyl/N-ethyl adjacent to an activating group) is 1. The van der Waals surface area contributed by atoms with Gasteiger partial charge in [-0.25, -0.2) is 4.79 Å². The minimum atomic E-state index is -0.414. The summed E-state index contributed by atoms with van der Waals surface area (Å²) in [6.07, 6.45) is 1.98. The largest absolute Gasteiger partial charge is 0.444 e. The summed E-state index contributed by atoms with van der Waals surface area (Å²) in [5.41, 5.74) is -0.414. The van der Waals surface area contributed by atoms with E-state index in [1.165, 1.54) is 0 Å². The number of carbonyl (C=O) groups excluding carboxylic acids is 1. The molecular formula is C14H29N3O2. The summed E-state index contributed by atoms with van der Waals surface area (Å²) in [6.45, 7) is 9.25. The van der Waals surface area contributed by atoms with Gasteiger partial charge >= 0.3 is 6.09 Å². The Bertz CT molecular complexity index is 287. The fourth-order valence-electron chi connectivity index (χ4n) is 2.13. The minimum Gasteiger partial charge on any atom is -0.444 e. The lowest BCUT2D eigenvalue weighted by Gasteiger charge is -2.34. The first-order chi connectivity index (χ1) is 8.78. The van der Waals surface area contributed by atoms with Crippen LogP contribution in [0.15, 0.2) is 0 Å². The minimum absolute atomic E-state index is 0.188. The van der Waals surface area contributed by atoms with E-state index < -0.39 is 5.60 Å². The fourth-order valence-corrected chi connectivity index (χ4v) is 2.13. The smallest absolute Gasteiger partial charge is 0.410 e. The normalized spacial score (nSPS) is 20.7. The summed E-state index contributed by atoms with van der Waals surface area (Å²) in [5.74, 6) is 0. The second kappa shape index (κ2) is 7.10. The molecule has 0 saturated carbocycles. The molecular weight excluding hydrogens is 242 g/mol. The first-order valence-electron chi connectivity index (χ1n) is 7.14. The molecule has 0 aromatic carbocycles. The molecule has 1 heterocycles. The van der Waals surface area contributed by atoms with Gasteiger partial charge in [-0.05, 0) is 47.7 Å². The molecule has 0 unspecified atom stereocenters. The number of ether oxygens (including phenoxy) is 1. The Balaban J connectivity index is 2.35. The molecule has 1 rings (SSSR count). The van der Waals surface area contributed by atoms with Crippen molar-refractivity contribution in [3.8, 4) is 0 Å². The van der Waals surface area contributed by atoms with Gasteiger partial charge in [0.2, 0.25) is 0 Å². The quantitative estimate of drug-likeness (QED) is 0.842. The van der Waals surface area contributed by atoms with Crippen LogP contribution in [0, 0.1) is 0 Å². The van der Waals surface area contributed by atoms with Crippen molar-refractivity contribution in [1.82, 2.24) is 15.1 Å². The standard InChI is InChI=1S/C14H29N3O2/c1-14(2,3)19-13(18)17-9-6-7-12(11-17)15-8-10-16(4)5/h12,15H,6-11H2,1-5H3/t12-/m1/s1. The third-order valence-corrected chi connectivity index (χ3v) is 3.07. The maximum absolute atomic E-state index is 12.0. The molecule has 0 spiro atoms. The molecule has 5 heteroatoms. The van der Waals surface area contributed by atoms with Crippen molar-refractivity contribution in [1.29, 1.82) is 0 Å². The molecule has 112 valence electrons. The van der Waals surface area contributed by atoms with Crippen LogP contribution in [0.5, 0.6) is 0 Å². The van der Waals surface area contributed by atoms with Gasteiger partial charge in [0.05, 0.1) is 0 Å². The zero-order chi connectivity index (χ0) is 14.5. The highest BCUT2D eigenvalue weighted by Crippen LogP contribution is 2.15. The van der Waals surface area contributed by atoms with Gasteiger partial charge < -0.3 is 19.9 Å². The SMILES string of the molecule is CN(C)CCN[C@@H]1CCCN(C(=O)OC(C)(C)C)C1. The average molecular weight is 271 g/mol. The first kappa shape index (κ1) is 16.2. The molecule has 1 aliphatic heterocycles. The summed E-state index contributed by atoms with van der Waals surface area (Å²) in [6, 6.07) is 0.390. The van der Waals surface area contributed by atoms with E-state index in [1.54, 1.807) is 0 Å². The lowest BCUT2D eigenvalue weighted by atomic mass is 10.1. The second-order valence-electron chi connectivity index (χ2n) is 6.52. The van der Waals surface area contributed by atoms with Gasteiger partial charge in [0.15, 0.2) is 0 Å². The van der Waals surface area contributed by atoms with E-state index >= 15 is 0 Å². The third-order valence-electron chi connectivity index (χ3n) is 3.07. The van der Waals surface area contributed by atoms with Crippen molar-refractivity contribution in [2.45, 2.75) is 45.3 Å². The van der Waals surface area contributed by atoms with E-state index in [9.17, 15) is 4.79 Å². The van der Waals surface area contributed by atoms with E-state index in [1.807, 2.05) is 25.7 Å². The van der Waals surface area contributed by atoms with Crippen LogP contribution in [-0.4, -0.2) is 67.8 Å². The van der Waals surface area contributed by atoms with Crippen LogP contribution in [0.3, 0.4) is 0 Å². The molecule has 0 radical (unpaired) electrons. The Morgan fingerprint density at radius 2 is 2.11 bits per heavy atom. The van der Waals surface area contributed by atoms with E-state index in [-0.39, 0.29) is 6.09 Å². The molecule has 1 saturated heterocycles. The molecule has 1 atom stereocenters. The van der Waals surface area contributed by atoms with Crippen molar-refractivity contribution in [2.75, 3.05) is 40.3 Å². The van der Waals surface area contributed by atoms with Gasteiger partial charge in [-0.15, -0.1) is 0 Å². The van der Waals surface area contributed by atoms with Crippen molar-refractivity contribution in [2.24, 2.45) is 0 Å². The topological polar surface area (TPSA) is 44.8 Å². The van der Waals surface area contributed by atoms with E-state index in [0.717, 1.165) is 39.0 Å². The zero-order valence-corrected chi connectivity index (χ0v) is 13.0. The highest BCUT2D eigenvalue weighted by Gasteiger charge is 2.27. The van der Waals surface area contributed by atoms with Crippen LogP contribution in [0.2, 0.25) is 0 Å². The highest BCUT2D eigenvalue weighted by atomic mass is 16.6. The molecule has 19 heavy (non-hydrogen) atoms. The summed E-state index contributed by atoms with van der Waals surface area (Å²) < 4.78 is 5.42. The molecule has 0 aromatic heterocycles. The molecule has 0 aromatic rings. The Morgan fingerprint density at radius 3 is 2.68 bits per heavy atom. The number of hydrogen-bond donors (Lipinski definition) is 1. The van der Waals surface area contributed by atoms with Crippen LogP contribution in [0.4, 0.5) is 4.79 Å². The molecule has 1 aliphatic rings. The molecule has 0 bridgehead atoms. The van der Waals surface area contributed by atoms with Crippen LogP contribution < -0.4 is 5.32 Å².